The van der Waals surface area contributed by atoms with E-state index >= 15 is 0 Å². The van der Waals surface area contributed by atoms with Crippen molar-refractivity contribution < 1.29 is 0 Å². The molecule has 7 heteroatoms. The fraction of sp³-hybridized carbons (Fsp3) is 0.381. The summed E-state index contributed by atoms with van der Waals surface area (Å²) in [5.41, 5.74) is 11.2. The van der Waals surface area contributed by atoms with Crippen LogP contribution in [0.5, 0.6) is 0 Å². The molecule has 7 nitrogen and oxygen atoms in total. The van der Waals surface area contributed by atoms with E-state index in [2.05, 4.69) is 57.1 Å². The number of hydrogen-bond donors (Lipinski definition) is 3. The number of piperidine rings is 1. The second kappa shape index (κ2) is 6.60. The maximum Gasteiger partial charge on any atom is 0.152 e. The van der Waals surface area contributed by atoms with Crippen LogP contribution in [0.1, 0.15) is 44.5 Å². The maximum absolute atomic E-state index is 6.38. The minimum Gasteiger partial charge on any atom is -0.382 e. The number of hydrogen-bond acceptors (Lipinski definition) is 5. The summed E-state index contributed by atoms with van der Waals surface area (Å²) in [4.78, 5) is 9.68. The van der Waals surface area contributed by atoms with Gasteiger partial charge in [0.1, 0.15) is 11.3 Å². The normalized spacial score (nSPS) is 17.8. The monoisotopic (exact) mass is 375 g/mol. The number of benzene rings is 1. The highest BCUT2D eigenvalue weighted by atomic mass is 15.1. The smallest absolute Gasteiger partial charge is 0.152 e. The van der Waals surface area contributed by atoms with Crippen molar-refractivity contribution in [3.63, 3.8) is 0 Å². The Morgan fingerprint density at radius 1 is 1.21 bits per heavy atom. The SMILES string of the molecule is CC(C)n1c([C@H]2CCCNC2)nc2c(N)nc3cc(-c4ccn[nH]4)ccc3c21. The number of rotatable bonds is 3. The van der Waals surface area contributed by atoms with Crippen molar-refractivity contribution in [1.29, 1.82) is 0 Å². The quantitative estimate of drug-likeness (QED) is 0.508. The highest BCUT2D eigenvalue weighted by molar-refractivity contribution is 6.07. The topological polar surface area (TPSA) is 97.4 Å². The zero-order chi connectivity index (χ0) is 19.3. The van der Waals surface area contributed by atoms with Gasteiger partial charge in [-0.25, -0.2) is 9.97 Å². The second-order valence-electron chi connectivity index (χ2n) is 7.87. The van der Waals surface area contributed by atoms with Crippen LogP contribution in [0.25, 0.3) is 33.2 Å². The van der Waals surface area contributed by atoms with Gasteiger partial charge in [0.15, 0.2) is 5.82 Å². The molecular formula is C21H25N7. The van der Waals surface area contributed by atoms with Crippen LogP contribution in [-0.4, -0.2) is 37.8 Å². The predicted molar refractivity (Wildman–Crippen MR) is 112 cm³/mol. The van der Waals surface area contributed by atoms with E-state index in [9.17, 15) is 0 Å². The highest BCUT2D eigenvalue weighted by Gasteiger charge is 2.26. The van der Waals surface area contributed by atoms with E-state index in [4.69, 9.17) is 10.7 Å². The number of nitrogens with two attached hydrogens (primary N) is 1. The van der Waals surface area contributed by atoms with Crippen LogP contribution in [0, 0.1) is 0 Å². The van der Waals surface area contributed by atoms with Gasteiger partial charge >= 0.3 is 0 Å². The Balaban J connectivity index is 1.77. The Hall–Kier alpha value is -2.93. The summed E-state index contributed by atoms with van der Waals surface area (Å²) in [7, 11) is 0. The Morgan fingerprint density at radius 3 is 2.82 bits per heavy atom. The van der Waals surface area contributed by atoms with Crippen molar-refractivity contribution in [2.75, 3.05) is 18.8 Å². The lowest BCUT2D eigenvalue weighted by Gasteiger charge is -2.24. The van der Waals surface area contributed by atoms with Crippen LogP contribution in [0.2, 0.25) is 0 Å². The van der Waals surface area contributed by atoms with Gasteiger partial charge in [0.2, 0.25) is 0 Å². The van der Waals surface area contributed by atoms with Gasteiger partial charge in [-0.2, -0.15) is 5.10 Å². The Labute approximate surface area is 163 Å². The third-order valence-electron chi connectivity index (χ3n) is 5.66. The average molecular weight is 375 g/mol. The summed E-state index contributed by atoms with van der Waals surface area (Å²) in [5, 5.41) is 11.7. The molecule has 0 aliphatic carbocycles. The molecular weight excluding hydrogens is 350 g/mol. The first-order valence-corrected chi connectivity index (χ1v) is 9.95. The molecule has 0 radical (unpaired) electrons. The van der Waals surface area contributed by atoms with Gasteiger partial charge < -0.3 is 15.6 Å². The third kappa shape index (κ3) is 2.65. The standard InChI is InChI=1S/C21H25N7/c1-12(2)28-19-15-6-5-13(16-7-9-24-27-16)10-17(15)25-20(22)18(19)26-21(28)14-4-3-8-23-11-14/h5-7,9-10,12,14,23H,3-4,8,11H2,1-2H3,(H2,22,25)(H,24,27)/t14-/m0/s1. The van der Waals surface area contributed by atoms with Crippen molar-refractivity contribution in [3.8, 4) is 11.3 Å². The third-order valence-corrected chi connectivity index (χ3v) is 5.66. The molecule has 1 atom stereocenters. The molecule has 4 aromatic rings. The number of aromatic nitrogens is 5. The van der Waals surface area contributed by atoms with Crippen molar-refractivity contribution in [3.05, 3.63) is 36.3 Å². The van der Waals surface area contributed by atoms with Gasteiger partial charge in [-0.3, -0.25) is 5.10 Å². The fourth-order valence-electron chi connectivity index (χ4n) is 4.36. The Morgan fingerprint density at radius 2 is 2.11 bits per heavy atom. The molecule has 0 amide bonds. The van der Waals surface area contributed by atoms with E-state index in [0.717, 1.165) is 58.5 Å². The summed E-state index contributed by atoms with van der Waals surface area (Å²) >= 11 is 0. The summed E-state index contributed by atoms with van der Waals surface area (Å²) in [6.45, 7) is 6.47. The molecule has 3 aromatic heterocycles. The summed E-state index contributed by atoms with van der Waals surface area (Å²) in [6.07, 6.45) is 4.08. The number of imidazole rings is 1. The van der Waals surface area contributed by atoms with E-state index in [1.54, 1.807) is 6.20 Å². The van der Waals surface area contributed by atoms with Crippen LogP contribution in [0.4, 0.5) is 5.82 Å². The first-order chi connectivity index (χ1) is 13.6. The molecule has 1 aliphatic heterocycles. The number of nitrogens with one attached hydrogen (secondary N) is 2. The molecule has 1 aliphatic rings. The number of anilines is 1. The molecule has 28 heavy (non-hydrogen) atoms. The summed E-state index contributed by atoms with van der Waals surface area (Å²) in [6, 6.07) is 8.55. The Bertz CT molecular complexity index is 1130. The molecule has 1 aromatic carbocycles. The predicted octanol–water partition coefficient (Wildman–Crippen LogP) is 3.60. The van der Waals surface area contributed by atoms with Crippen molar-refractivity contribution in [2.24, 2.45) is 0 Å². The number of aromatic amines is 1. The molecule has 5 rings (SSSR count). The van der Waals surface area contributed by atoms with Crippen molar-refractivity contribution in [1.82, 2.24) is 30.0 Å². The molecule has 1 fully saturated rings. The Kier molecular flexibility index (Phi) is 4.05. The summed E-state index contributed by atoms with van der Waals surface area (Å²) < 4.78 is 2.36. The summed E-state index contributed by atoms with van der Waals surface area (Å²) in [5.74, 6) is 2.02. The van der Waals surface area contributed by atoms with E-state index < -0.39 is 0 Å². The minimum atomic E-state index is 0.291. The lowest BCUT2D eigenvalue weighted by Crippen LogP contribution is -2.30. The second-order valence-corrected chi connectivity index (χ2v) is 7.87. The molecule has 1 saturated heterocycles. The van der Waals surface area contributed by atoms with Crippen LogP contribution in [-0.2, 0) is 0 Å². The number of fused-ring (bicyclic) bond motifs is 3. The van der Waals surface area contributed by atoms with Crippen LogP contribution < -0.4 is 11.1 Å². The molecule has 0 bridgehead atoms. The van der Waals surface area contributed by atoms with Gasteiger partial charge in [0.05, 0.1) is 16.7 Å². The van der Waals surface area contributed by atoms with E-state index in [0.29, 0.717) is 17.8 Å². The van der Waals surface area contributed by atoms with Crippen LogP contribution in [0.3, 0.4) is 0 Å². The molecule has 0 saturated carbocycles. The molecule has 4 heterocycles. The lowest BCUT2D eigenvalue weighted by atomic mass is 9.98. The van der Waals surface area contributed by atoms with Crippen LogP contribution >= 0.6 is 0 Å². The van der Waals surface area contributed by atoms with Gasteiger partial charge in [-0.1, -0.05) is 6.07 Å². The largest absolute Gasteiger partial charge is 0.382 e. The molecule has 4 N–H and O–H groups in total. The number of H-pyrrole nitrogens is 1. The van der Waals surface area contributed by atoms with Gasteiger partial charge in [0, 0.05) is 35.7 Å². The van der Waals surface area contributed by atoms with E-state index in [1.165, 1.54) is 6.42 Å². The first-order valence-electron chi connectivity index (χ1n) is 9.95. The molecule has 144 valence electrons. The molecule has 0 unspecified atom stereocenters. The number of pyridine rings is 1. The average Bonchev–Trinajstić information content (AvgIpc) is 3.37. The van der Waals surface area contributed by atoms with Crippen molar-refractivity contribution >= 4 is 27.8 Å². The number of nitrogen functional groups attached to an aromatic ring is 1. The van der Waals surface area contributed by atoms with Gasteiger partial charge in [0.25, 0.3) is 0 Å². The zero-order valence-electron chi connectivity index (χ0n) is 16.2. The van der Waals surface area contributed by atoms with E-state index in [1.807, 2.05) is 6.07 Å². The fourth-order valence-corrected chi connectivity index (χ4v) is 4.36. The minimum absolute atomic E-state index is 0.291. The molecule has 0 spiro atoms. The highest BCUT2D eigenvalue weighted by Crippen LogP contribution is 2.36. The van der Waals surface area contributed by atoms with E-state index in [-0.39, 0.29) is 0 Å². The van der Waals surface area contributed by atoms with Crippen molar-refractivity contribution in [2.45, 2.75) is 38.6 Å². The van der Waals surface area contributed by atoms with Gasteiger partial charge in [-0.15, -0.1) is 0 Å². The first kappa shape index (κ1) is 17.2. The van der Waals surface area contributed by atoms with Gasteiger partial charge in [-0.05, 0) is 51.4 Å². The lowest BCUT2D eigenvalue weighted by molar-refractivity contribution is 0.425. The number of nitrogens with zero attached hydrogens (tertiary/aromatic N) is 4. The van der Waals surface area contributed by atoms with Crippen LogP contribution in [0.15, 0.2) is 30.5 Å². The zero-order valence-corrected chi connectivity index (χ0v) is 16.2. The maximum atomic E-state index is 6.38.